The zero-order valence-corrected chi connectivity index (χ0v) is 54.3. The van der Waals surface area contributed by atoms with Gasteiger partial charge >= 0.3 is 0 Å². The van der Waals surface area contributed by atoms with E-state index in [1.807, 2.05) is 158 Å². The highest BCUT2D eigenvalue weighted by Gasteiger charge is 2.23. The highest BCUT2D eigenvalue weighted by atomic mass is 16.5. The lowest BCUT2D eigenvalue weighted by atomic mass is 10.0. The molecule has 8 bridgehead atoms. The number of aromatic amines is 2. The molecule has 0 saturated heterocycles. The number of aromatic nitrogens is 6. The van der Waals surface area contributed by atoms with Gasteiger partial charge in [0.15, 0.2) is 0 Å². The summed E-state index contributed by atoms with van der Waals surface area (Å²) in [5.74, 6) is 4.06. The van der Waals surface area contributed by atoms with E-state index >= 15 is 0 Å². The Morgan fingerprint density at radius 2 is 0.490 bits per heavy atom. The molecule has 0 amide bonds. The first kappa shape index (κ1) is 60.6. The summed E-state index contributed by atoms with van der Waals surface area (Å²) < 4.78 is 38.7. The van der Waals surface area contributed by atoms with Crippen LogP contribution < -0.4 is 28.4 Å². The van der Waals surface area contributed by atoms with Crippen LogP contribution in [0.2, 0.25) is 0 Å². The second kappa shape index (κ2) is 27.2. The molecule has 0 fully saturated rings. The lowest BCUT2D eigenvalue weighted by molar-refractivity contribution is 0.281. The van der Waals surface area contributed by atoms with E-state index in [4.69, 9.17) is 48.4 Å². The summed E-state index contributed by atoms with van der Waals surface area (Å²) >= 11 is 0. The van der Waals surface area contributed by atoms with Gasteiger partial charge in [-0.1, -0.05) is 194 Å². The number of nitrogens with zero attached hydrogens (tertiary/aromatic N) is 4. The molecule has 17 rings (SSSR count). The van der Waals surface area contributed by atoms with E-state index in [2.05, 4.69) is 156 Å². The molecule has 0 spiro atoms. The molecule has 11 aromatic carbocycles. The van der Waals surface area contributed by atoms with Crippen molar-refractivity contribution in [3.8, 4) is 102 Å². The number of ether oxygens (including phenoxy) is 6. The Bertz CT molecular complexity index is 5200. The Labute approximate surface area is 577 Å². The number of hydrogen-bond acceptors (Lipinski definition) is 10. The van der Waals surface area contributed by atoms with Crippen molar-refractivity contribution in [3.05, 3.63) is 337 Å². The highest BCUT2D eigenvalue weighted by molar-refractivity contribution is 6.09. The second-order valence-electron chi connectivity index (χ2n) is 24.8. The maximum atomic E-state index is 6.61. The van der Waals surface area contributed by atoms with Crippen LogP contribution in [0, 0.1) is 0 Å². The van der Waals surface area contributed by atoms with Crippen molar-refractivity contribution in [2.45, 2.75) is 39.6 Å². The first-order valence-electron chi connectivity index (χ1n) is 33.4. The molecular formula is C88H64N6O6. The molecule has 4 aromatic heterocycles. The number of hydrogen-bond donors (Lipinski definition) is 2. The fourth-order valence-electron chi connectivity index (χ4n) is 13.0. The number of rotatable bonds is 20. The summed E-state index contributed by atoms with van der Waals surface area (Å²) in [6, 6.07) is 102. The first-order chi connectivity index (χ1) is 49.4. The van der Waals surface area contributed by atoms with Crippen molar-refractivity contribution in [1.29, 1.82) is 0 Å². The Balaban J connectivity index is 0.761. The lowest BCUT2D eigenvalue weighted by Gasteiger charge is -2.14. The standard InChI is InChI=1S/C88H64N6O6/c1-5-19-57(20-6-1)51-97-67-41-61(42-68(45-67)98-52-58-21-7-2-8-22-58)55-95-65-37-33-63(34-38-65)85-86(64-35-39-66(40-36-64)96-56-62-43-69(99-53-59-23-9-3-10-24-59)46-70(44-62)100-54-60-25-11-4-12-26-60)94-88-84-50-82-76-32-18-16-30-74(76)80(91-82)48-78-72-28-14-13-27-71(72)77(89-78)47-79-73-29-15-17-31-75(73)81(90-79)49-83(92-84)87(88)93-85/h1-50,89,92H,51-56H2. The van der Waals surface area contributed by atoms with Crippen LogP contribution in [-0.2, 0) is 39.6 Å². The Hall–Kier alpha value is -13.1. The third-order valence-corrected chi connectivity index (χ3v) is 18.0. The van der Waals surface area contributed by atoms with Gasteiger partial charge in [0.2, 0.25) is 0 Å². The number of H-pyrrole nitrogens is 2. The molecule has 482 valence electrons. The average Bonchev–Trinajstić information content (AvgIpc) is 1.57. The summed E-state index contributed by atoms with van der Waals surface area (Å²) in [6.07, 6.45) is 0. The fraction of sp³-hybridized carbons (Fsp3) is 0.0682. The summed E-state index contributed by atoms with van der Waals surface area (Å²) in [7, 11) is 0. The molecule has 12 heteroatoms. The summed E-state index contributed by atoms with van der Waals surface area (Å²) in [5.41, 5.74) is 21.1. The quantitative estimate of drug-likeness (QED) is 0.0758. The minimum Gasteiger partial charge on any atom is -0.489 e. The van der Waals surface area contributed by atoms with Crippen LogP contribution in [-0.4, -0.2) is 29.9 Å². The highest BCUT2D eigenvalue weighted by Crippen LogP contribution is 2.42. The predicted octanol–water partition coefficient (Wildman–Crippen LogP) is 20.9. The van der Waals surface area contributed by atoms with E-state index in [0.29, 0.717) is 83.3 Å². The Morgan fingerprint density at radius 1 is 0.220 bits per heavy atom. The zero-order chi connectivity index (χ0) is 66.6. The van der Waals surface area contributed by atoms with Crippen molar-refractivity contribution in [2.24, 2.45) is 0 Å². The van der Waals surface area contributed by atoms with Gasteiger partial charge in [-0.15, -0.1) is 0 Å². The molecule has 2 N–H and O–H groups in total. The van der Waals surface area contributed by atoms with Crippen LogP contribution >= 0.6 is 0 Å². The van der Waals surface area contributed by atoms with Crippen molar-refractivity contribution in [3.63, 3.8) is 0 Å². The van der Waals surface area contributed by atoms with E-state index in [1.165, 1.54) is 0 Å². The Morgan fingerprint density at radius 3 is 0.820 bits per heavy atom. The van der Waals surface area contributed by atoms with Gasteiger partial charge in [0.1, 0.15) is 85.2 Å². The van der Waals surface area contributed by atoms with Gasteiger partial charge in [0, 0.05) is 67.3 Å². The minimum absolute atomic E-state index is 0.257. The van der Waals surface area contributed by atoms with Crippen molar-refractivity contribution < 1.29 is 28.4 Å². The predicted molar refractivity (Wildman–Crippen MR) is 396 cm³/mol. The van der Waals surface area contributed by atoms with Gasteiger partial charge in [0.25, 0.3) is 0 Å². The van der Waals surface area contributed by atoms with E-state index < -0.39 is 0 Å². The minimum atomic E-state index is 0.257. The van der Waals surface area contributed by atoms with Crippen LogP contribution in [0.25, 0.3) is 111 Å². The molecule has 2 aliphatic heterocycles. The molecule has 0 aliphatic carbocycles. The van der Waals surface area contributed by atoms with Crippen LogP contribution in [0.1, 0.15) is 33.4 Å². The monoisotopic (exact) mass is 1300 g/mol. The molecule has 100 heavy (non-hydrogen) atoms. The number of benzene rings is 11. The van der Waals surface area contributed by atoms with Crippen LogP contribution in [0.15, 0.2) is 303 Å². The normalized spacial score (nSPS) is 11.4. The third kappa shape index (κ3) is 13.1. The number of nitrogens with one attached hydrogen (secondary N) is 2. The molecule has 0 saturated carbocycles. The average molecular weight is 1300 g/mol. The molecule has 0 radical (unpaired) electrons. The SMILES string of the molecule is c1ccc(COc2cc(COc3ccc(-c4nc5c6cc7nc(cc8[nH]c(cc9nc(cc([nH]6)c5nc4-c4ccc(OCc5cc(OCc6ccccc6)cc(OCc6ccccc6)c5)cc4)-c4ccccc4-9)c4ccccc84)-c4ccccc4-7)cc3)cc(OCc3ccccc3)c2)cc1. The lowest BCUT2D eigenvalue weighted by Crippen LogP contribution is -2.01. The van der Waals surface area contributed by atoms with Crippen molar-refractivity contribution in [1.82, 2.24) is 29.9 Å². The van der Waals surface area contributed by atoms with Crippen LogP contribution in [0.5, 0.6) is 34.5 Å². The van der Waals surface area contributed by atoms with Gasteiger partial charge in [-0.2, -0.15) is 0 Å². The van der Waals surface area contributed by atoms with E-state index in [9.17, 15) is 0 Å². The first-order valence-corrected chi connectivity index (χ1v) is 33.4. The van der Waals surface area contributed by atoms with Gasteiger partial charge in [-0.05, 0) is 130 Å². The van der Waals surface area contributed by atoms with Gasteiger partial charge in [-0.25, -0.2) is 19.9 Å². The van der Waals surface area contributed by atoms with Crippen LogP contribution in [0.4, 0.5) is 0 Å². The molecular weight excluding hydrogens is 1240 g/mol. The maximum Gasteiger partial charge on any atom is 0.123 e. The topological polar surface area (TPSA) is 139 Å². The van der Waals surface area contributed by atoms with Crippen molar-refractivity contribution in [2.75, 3.05) is 0 Å². The third-order valence-electron chi connectivity index (χ3n) is 18.0. The summed E-state index contributed by atoms with van der Waals surface area (Å²) in [5, 5.41) is 2.19. The molecule has 0 unspecified atom stereocenters. The number of fused-ring (bicyclic) bond motifs is 20. The van der Waals surface area contributed by atoms with Gasteiger partial charge in [0.05, 0.1) is 45.2 Å². The summed E-state index contributed by atoms with van der Waals surface area (Å²) in [6.45, 7) is 2.15. The van der Waals surface area contributed by atoms with E-state index in [0.717, 1.165) is 122 Å². The molecule has 12 nitrogen and oxygen atoms in total. The van der Waals surface area contributed by atoms with E-state index in [1.54, 1.807) is 0 Å². The fourth-order valence-corrected chi connectivity index (χ4v) is 13.0. The zero-order valence-electron chi connectivity index (χ0n) is 54.3. The largest absolute Gasteiger partial charge is 0.489 e. The van der Waals surface area contributed by atoms with Gasteiger partial charge < -0.3 is 38.4 Å². The molecule has 15 aromatic rings. The molecule has 2 aliphatic rings. The van der Waals surface area contributed by atoms with Crippen LogP contribution in [0.3, 0.4) is 0 Å². The molecule has 0 atom stereocenters. The summed E-state index contributed by atoms with van der Waals surface area (Å²) in [4.78, 5) is 29.8. The Kier molecular flexibility index (Phi) is 16.5. The molecule has 6 heterocycles. The second-order valence-corrected chi connectivity index (χ2v) is 24.8. The van der Waals surface area contributed by atoms with Crippen molar-refractivity contribution >= 4 is 43.9 Å². The smallest absolute Gasteiger partial charge is 0.123 e. The van der Waals surface area contributed by atoms with Gasteiger partial charge in [-0.3, -0.25) is 0 Å². The maximum absolute atomic E-state index is 6.61. The van der Waals surface area contributed by atoms with E-state index in [-0.39, 0.29) is 13.2 Å².